The predicted molar refractivity (Wildman–Crippen MR) is 77.9 cm³/mol. The topological polar surface area (TPSA) is 85.5 Å². The molecule has 0 bridgehead atoms. The van der Waals surface area contributed by atoms with Crippen molar-refractivity contribution >= 4 is 5.97 Å². The van der Waals surface area contributed by atoms with E-state index in [1.807, 2.05) is 20.8 Å². The van der Waals surface area contributed by atoms with Crippen LogP contribution in [0.15, 0.2) is 4.52 Å². The molecular formula is C15H26N2O4. The SMILES string of the molecule is CCCC(OCC)c1noc(CC(CC)(CC)C(=O)O)n1. The van der Waals surface area contributed by atoms with Crippen molar-refractivity contribution in [1.82, 2.24) is 10.1 Å². The summed E-state index contributed by atoms with van der Waals surface area (Å²) in [4.78, 5) is 15.9. The van der Waals surface area contributed by atoms with Gasteiger partial charge in [-0.15, -0.1) is 0 Å². The Hall–Kier alpha value is -1.43. The first-order valence-electron chi connectivity index (χ1n) is 7.70. The van der Waals surface area contributed by atoms with Gasteiger partial charge in [0.05, 0.1) is 5.41 Å². The number of rotatable bonds is 10. The number of carbonyl (C=O) groups is 1. The van der Waals surface area contributed by atoms with Crippen LogP contribution in [0.25, 0.3) is 0 Å². The van der Waals surface area contributed by atoms with Crippen molar-refractivity contribution in [1.29, 1.82) is 0 Å². The van der Waals surface area contributed by atoms with Crippen LogP contribution in [-0.4, -0.2) is 27.8 Å². The summed E-state index contributed by atoms with van der Waals surface area (Å²) in [7, 11) is 0. The van der Waals surface area contributed by atoms with Gasteiger partial charge in [-0.25, -0.2) is 0 Å². The number of ether oxygens (including phenoxy) is 1. The summed E-state index contributed by atoms with van der Waals surface area (Å²) in [5.41, 5.74) is -0.838. The molecule has 0 aliphatic carbocycles. The molecule has 21 heavy (non-hydrogen) atoms. The van der Waals surface area contributed by atoms with Crippen LogP contribution in [0, 0.1) is 5.41 Å². The standard InChI is InChI=1S/C15H26N2O4/c1-5-9-11(20-8-4)13-16-12(21-17-13)10-15(6-2,7-3)14(18)19/h11H,5-10H2,1-4H3,(H,18,19). The van der Waals surface area contributed by atoms with Crippen molar-refractivity contribution in [2.45, 2.75) is 65.9 Å². The quantitative estimate of drug-likeness (QED) is 0.712. The minimum Gasteiger partial charge on any atom is -0.481 e. The highest BCUT2D eigenvalue weighted by Gasteiger charge is 2.37. The van der Waals surface area contributed by atoms with Gasteiger partial charge in [0.25, 0.3) is 0 Å². The molecule has 120 valence electrons. The number of hydrogen-bond donors (Lipinski definition) is 1. The molecule has 0 aliphatic rings. The molecule has 0 aliphatic heterocycles. The molecule has 1 aromatic rings. The lowest BCUT2D eigenvalue weighted by Gasteiger charge is -2.24. The number of aliphatic carboxylic acids is 1. The summed E-state index contributed by atoms with van der Waals surface area (Å²) in [6.45, 7) is 8.31. The monoisotopic (exact) mass is 298 g/mol. The van der Waals surface area contributed by atoms with E-state index in [1.165, 1.54) is 0 Å². The molecule has 0 spiro atoms. The van der Waals surface area contributed by atoms with Gasteiger partial charge in [-0.05, 0) is 26.2 Å². The smallest absolute Gasteiger partial charge is 0.310 e. The second-order valence-electron chi connectivity index (χ2n) is 5.25. The Morgan fingerprint density at radius 2 is 2.00 bits per heavy atom. The molecule has 0 saturated heterocycles. The highest BCUT2D eigenvalue weighted by molar-refractivity contribution is 5.74. The first-order chi connectivity index (χ1) is 10.0. The second-order valence-corrected chi connectivity index (χ2v) is 5.25. The van der Waals surface area contributed by atoms with Crippen LogP contribution in [0.2, 0.25) is 0 Å². The third-order valence-corrected chi connectivity index (χ3v) is 3.99. The third-order valence-electron chi connectivity index (χ3n) is 3.99. The molecule has 1 atom stereocenters. The van der Waals surface area contributed by atoms with Gasteiger partial charge in [-0.2, -0.15) is 4.98 Å². The Kier molecular flexibility index (Phi) is 6.81. The van der Waals surface area contributed by atoms with Gasteiger partial charge in [-0.3, -0.25) is 4.79 Å². The summed E-state index contributed by atoms with van der Waals surface area (Å²) in [6.07, 6.45) is 2.91. The molecule has 6 heteroatoms. The predicted octanol–water partition coefficient (Wildman–Crippen LogP) is 3.38. The van der Waals surface area contributed by atoms with Gasteiger partial charge >= 0.3 is 5.97 Å². The molecule has 0 amide bonds. The first kappa shape index (κ1) is 17.6. The van der Waals surface area contributed by atoms with E-state index >= 15 is 0 Å². The average molecular weight is 298 g/mol. The number of hydrogen-bond acceptors (Lipinski definition) is 5. The number of aromatic nitrogens is 2. The number of nitrogens with zero attached hydrogens (tertiary/aromatic N) is 2. The van der Waals surface area contributed by atoms with Crippen LogP contribution in [0.1, 0.15) is 71.2 Å². The molecule has 0 aromatic carbocycles. The highest BCUT2D eigenvalue weighted by atomic mass is 16.5. The van der Waals surface area contributed by atoms with Crippen LogP contribution in [0.5, 0.6) is 0 Å². The Bertz CT molecular complexity index is 435. The largest absolute Gasteiger partial charge is 0.481 e. The van der Waals surface area contributed by atoms with E-state index in [1.54, 1.807) is 0 Å². The lowest BCUT2D eigenvalue weighted by molar-refractivity contribution is -0.149. The molecule has 1 unspecified atom stereocenters. The maximum atomic E-state index is 11.5. The highest BCUT2D eigenvalue weighted by Crippen LogP contribution is 2.31. The van der Waals surface area contributed by atoms with E-state index in [2.05, 4.69) is 17.1 Å². The van der Waals surface area contributed by atoms with Gasteiger partial charge in [0.2, 0.25) is 11.7 Å². The van der Waals surface area contributed by atoms with E-state index in [-0.39, 0.29) is 12.5 Å². The molecule has 0 radical (unpaired) electrons. The van der Waals surface area contributed by atoms with Crippen molar-refractivity contribution in [3.63, 3.8) is 0 Å². The minimum absolute atomic E-state index is 0.181. The summed E-state index contributed by atoms with van der Waals surface area (Å²) in [5.74, 6) is 0.0688. The van der Waals surface area contributed by atoms with E-state index < -0.39 is 11.4 Å². The summed E-state index contributed by atoms with van der Waals surface area (Å²) in [6, 6.07) is 0. The molecule has 1 aromatic heterocycles. The molecule has 1 heterocycles. The number of carboxylic acid groups (broad SMARTS) is 1. The van der Waals surface area contributed by atoms with Gasteiger partial charge in [0, 0.05) is 13.0 Å². The van der Waals surface area contributed by atoms with Crippen LogP contribution in [0.3, 0.4) is 0 Å². The van der Waals surface area contributed by atoms with E-state index in [4.69, 9.17) is 9.26 Å². The maximum absolute atomic E-state index is 11.5. The Morgan fingerprint density at radius 3 is 2.48 bits per heavy atom. The van der Waals surface area contributed by atoms with E-state index in [0.717, 1.165) is 12.8 Å². The minimum atomic E-state index is -0.838. The zero-order valence-corrected chi connectivity index (χ0v) is 13.4. The molecule has 6 nitrogen and oxygen atoms in total. The Balaban J connectivity index is 2.89. The summed E-state index contributed by atoms with van der Waals surface area (Å²) in [5, 5.41) is 13.4. The van der Waals surface area contributed by atoms with Crippen LogP contribution in [-0.2, 0) is 16.0 Å². The van der Waals surface area contributed by atoms with Gasteiger partial charge in [0.15, 0.2) is 0 Å². The van der Waals surface area contributed by atoms with Crippen LogP contribution in [0.4, 0.5) is 0 Å². The lowest BCUT2D eigenvalue weighted by Crippen LogP contribution is -2.32. The van der Waals surface area contributed by atoms with Crippen molar-refractivity contribution < 1.29 is 19.2 Å². The van der Waals surface area contributed by atoms with Crippen molar-refractivity contribution in [3.8, 4) is 0 Å². The Labute approximate surface area is 125 Å². The average Bonchev–Trinajstić information content (AvgIpc) is 2.92. The van der Waals surface area contributed by atoms with Crippen molar-refractivity contribution in [3.05, 3.63) is 11.7 Å². The van der Waals surface area contributed by atoms with Gasteiger partial charge in [0.1, 0.15) is 6.10 Å². The fourth-order valence-electron chi connectivity index (χ4n) is 2.39. The zero-order chi connectivity index (χ0) is 15.9. The van der Waals surface area contributed by atoms with E-state index in [0.29, 0.717) is 31.2 Å². The first-order valence-corrected chi connectivity index (χ1v) is 7.70. The molecule has 1 rings (SSSR count). The normalized spacial score (nSPS) is 13.3. The Morgan fingerprint density at radius 1 is 1.33 bits per heavy atom. The fraction of sp³-hybridized carbons (Fsp3) is 0.800. The van der Waals surface area contributed by atoms with Gasteiger partial charge in [-0.1, -0.05) is 32.3 Å². The van der Waals surface area contributed by atoms with Crippen molar-refractivity contribution in [2.24, 2.45) is 5.41 Å². The number of carboxylic acids is 1. The van der Waals surface area contributed by atoms with Crippen LogP contribution < -0.4 is 0 Å². The third kappa shape index (κ3) is 4.27. The molecular weight excluding hydrogens is 272 g/mol. The summed E-state index contributed by atoms with van der Waals surface area (Å²) >= 11 is 0. The van der Waals surface area contributed by atoms with E-state index in [9.17, 15) is 9.90 Å². The van der Waals surface area contributed by atoms with Crippen molar-refractivity contribution in [2.75, 3.05) is 6.61 Å². The van der Waals surface area contributed by atoms with Gasteiger partial charge < -0.3 is 14.4 Å². The lowest BCUT2D eigenvalue weighted by atomic mass is 9.79. The molecule has 1 N–H and O–H groups in total. The fourth-order valence-corrected chi connectivity index (χ4v) is 2.39. The van der Waals surface area contributed by atoms with Crippen LogP contribution >= 0.6 is 0 Å². The maximum Gasteiger partial charge on any atom is 0.310 e. The molecule has 0 saturated carbocycles. The summed E-state index contributed by atoms with van der Waals surface area (Å²) < 4.78 is 10.9. The zero-order valence-electron chi connectivity index (χ0n) is 13.4. The molecule has 0 fully saturated rings. The second kappa shape index (κ2) is 8.12.